The van der Waals surface area contributed by atoms with Gasteiger partial charge in [0.05, 0.1) is 6.04 Å². The summed E-state index contributed by atoms with van der Waals surface area (Å²) in [5, 5.41) is 8.49. The summed E-state index contributed by atoms with van der Waals surface area (Å²) in [5.74, 6) is 0. The van der Waals surface area contributed by atoms with E-state index in [4.69, 9.17) is 0 Å². The van der Waals surface area contributed by atoms with Gasteiger partial charge >= 0.3 is 0 Å². The highest BCUT2D eigenvalue weighted by atomic mass is 32.1. The standard InChI is InChI=1S/C9H10N2S2/c1-10-8(7-3-2-5-12-7)9-11-4-6-13-9/h2-6,8,10H,1H3. The molecule has 2 heterocycles. The van der Waals surface area contributed by atoms with Crippen molar-refractivity contribution in [1.29, 1.82) is 0 Å². The second kappa shape index (κ2) is 4.00. The van der Waals surface area contributed by atoms with E-state index >= 15 is 0 Å². The minimum atomic E-state index is 0.264. The Bertz CT molecular complexity index is 305. The fraction of sp³-hybridized carbons (Fsp3) is 0.222. The highest BCUT2D eigenvalue weighted by molar-refractivity contribution is 7.11. The van der Waals surface area contributed by atoms with Crippen molar-refractivity contribution in [3.63, 3.8) is 0 Å². The van der Waals surface area contributed by atoms with E-state index in [1.165, 1.54) is 4.88 Å². The van der Waals surface area contributed by atoms with Crippen LogP contribution in [0.1, 0.15) is 15.9 Å². The van der Waals surface area contributed by atoms with Crippen molar-refractivity contribution in [2.75, 3.05) is 7.05 Å². The molecule has 13 heavy (non-hydrogen) atoms. The van der Waals surface area contributed by atoms with Crippen molar-refractivity contribution >= 4 is 22.7 Å². The molecule has 0 aliphatic rings. The van der Waals surface area contributed by atoms with Crippen LogP contribution in [0.25, 0.3) is 0 Å². The Kier molecular flexibility index (Phi) is 2.73. The minimum absolute atomic E-state index is 0.264. The molecular formula is C9H10N2S2. The van der Waals surface area contributed by atoms with Crippen LogP contribution in [0.2, 0.25) is 0 Å². The van der Waals surface area contributed by atoms with Gasteiger partial charge in [0.1, 0.15) is 5.01 Å². The van der Waals surface area contributed by atoms with Gasteiger partial charge in [-0.15, -0.1) is 22.7 Å². The quantitative estimate of drug-likeness (QED) is 0.842. The summed E-state index contributed by atoms with van der Waals surface area (Å²) < 4.78 is 0. The van der Waals surface area contributed by atoms with E-state index in [-0.39, 0.29) is 6.04 Å². The average molecular weight is 210 g/mol. The Balaban J connectivity index is 2.29. The van der Waals surface area contributed by atoms with E-state index in [9.17, 15) is 0 Å². The van der Waals surface area contributed by atoms with Gasteiger partial charge in [0.25, 0.3) is 0 Å². The Morgan fingerprint density at radius 2 is 2.31 bits per heavy atom. The van der Waals surface area contributed by atoms with Crippen LogP contribution in [-0.2, 0) is 0 Å². The maximum atomic E-state index is 4.31. The van der Waals surface area contributed by atoms with E-state index in [0.717, 1.165) is 5.01 Å². The van der Waals surface area contributed by atoms with Crippen LogP contribution >= 0.6 is 22.7 Å². The van der Waals surface area contributed by atoms with Crippen LogP contribution in [0, 0.1) is 0 Å². The molecule has 4 heteroatoms. The molecule has 68 valence electrons. The van der Waals surface area contributed by atoms with Crippen LogP contribution in [-0.4, -0.2) is 12.0 Å². The summed E-state index contributed by atoms with van der Waals surface area (Å²) in [5.41, 5.74) is 0. The highest BCUT2D eigenvalue weighted by Gasteiger charge is 2.14. The number of hydrogen-bond acceptors (Lipinski definition) is 4. The summed E-state index contributed by atoms with van der Waals surface area (Å²) in [7, 11) is 1.96. The van der Waals surface area contributed by atoms with Crippen molar-refractivity contribution in [2.24, 2.45) is 0 Å². The molecule has 0 spiro atoms. The molecule has 1 unspecified atom stereocenters. The fourth-order valence-corrected chi connectivity index (χ4v) is 2.90. The lowest BCUT2D eigenvalue weighted by Crippen LogP contribution is -2.15. The zero-order valence-corrected chi connectivity index (χ0v) is 8.86. The first-order chi connectivity index (χ1) is 6.42. The molecule has 0 aliphatic carbocycles. The summed E-state index contributed by atoms with van der Waals surface area (Å²) in [6, 6.07) is 4.46. The molecule has 1 N–H and O–H groups in total. The van der Waals surface area contributed by atoms with E-state index in [1.54, 1.807) is 22.7 Å². The van der Waals surface area contributed by atoms with Crippen LogP contribution in [0.3, 0.4) is 0 Å². The number of rotatable bonds is 3. The molecule has 0 bridgehead atoms. The SMILES string of the molecule is CNC(c1cccs1)c1nccs1. The van der Waals surface area contributed by atoms with E-state index < -0.39 is 0 Å². The predicted octanol–water partition coefficient (Wildman–Crippen LogP) is 2.51. The normalized spacial score (nSPS) is 13.0. The van der Waals surface area contributed by atoms with Gasteiger partial charge in [0.2, 0.25) is 0 Å². The largest absolute Gasteiger partial charge is 0.307 e. The third-order valence-corrected chi connectivity index (χ3v) is 3.59. The van der Waals surface area contributed by atoms with Gasteiger partial charge < -0.3 is 5.32 Å². The maximum absolute atomic E-state index is 4.31. The molecule has 1 atom stereocenters. The van der Waals surface area contributed by atoms with Gasteiger partial charge in [0, 0.05) is 16.5 Å². The summed E-state index contributed by atoms with van der Waals surface area (Å²) in [6.07, 6.45) is 1.85. The van der Waals surface area contributed by atoms with Crippen molar-refractivity contribution in [2.45, 2.75) is 6.04 Å². The number of thiazole rings is 1. The van der Waals surface area contributed by atoms with E-state index in [1.807, 2.05) is 18.6 Å². The molecule has 0 fully saturated rings. The van der Waals surface area contributed by atoms with Gasteiger partial charge in [0.15, 0.2) is 0 Å². The summed E-state index contributed by atoms with van der Waals surface area (Å²) in [6.45, 7) is 0. The molecule has 2 rings (SSSR count). The first kappa shape index (κ1) is 8.87. The maximum Gasteiger partial charge on any atom is 0.115 e. The zero-order chi connectivity index (χ0) is 9.10. The van der Waals surface area contributed by atoms with Crippen LogP contribution in [0.5, 0.6) is 0 Å². The second-order valence-corrected chi connectivity index (χ2v) is 4.51. The van der Waals surface area contributed by atoms with Crippen LogP contribution in [0.4, 0.5) is 0 Å². The molecule has 2 aromatic rings. The molecule has 0 amide bonds. The van der Waals surface area contributed by atoms with E-state index in [0.29, 0.717) is 0 Å². The van der Waals surface area contributed by atoms with Crippen LogP contribution < -0.4 is 5.32 Å². The van der Waals surface area contributed by atoms with Gasteiger partial charge in [-0.05, 0) is 18.5 Å². The van der Waals surface area contributed by atoms with Gasteiger partial charge in [-0.25, -0.2) is 4.98 Å². The number of nitrogens with one attached hydrogen (secondary N) is 1. The Hall–Kier alpha value is -0.710. The molecular weight excluding hydrogens is 200 g/mol. The summed E-state index contributed by atoms with van der Waals surface area (Å²) in [4.78, 5) is 5.62. The predicted molar refractivity (Wildman–Crippen MR) is 57.3 cm³/mol. The number of hydrogen-bond donors (Lipinski definition) is 1. The third kappa shape index (κ3) is 1.80. The lowest BCUT2D eigenvalue weighted by molar-refractivity contribution is 0.698. The molecule has 0 aromatic carbocycles. The van der Waals surface area contributed by atoms with Crippen molar-refractivity contribution < 1.29 is 0 Å². The number of aromatic nitrogens is 1. The van der Waals surface area contributed by atoms with Gasteiger partial charge in [-0.3, -0.25) is 0 Å². The molecule has 0 saturated heterocycles. The zero-order valence-electron chi connectivity index (χ0n) is 7.23. The van der Waals surface area contributed by atoms with Crippen molar-refractivity contribution in [3.8, 4) is 0 Å². The lowest BCUT2D eigenvalue weighted by atomic mass is 10.2. The smallest absolute Gasteiger partial charge is 0.115 e. The van der Waals surface area contributed by atoms with E-state index in [2.05, 4.69) is 27.8 Å². The third-order valence-electron chi connectivity index (χ3n) is 1.81. The van der Waals surface area contributed by atoms with Crippen molar-refractivity contribution in [3.05, 3.63) is 39.0 Å². The van der Waals surface area contributed by atoms with Crippen molar-refractivity contribution in [1.82, 2.24) is 10.3 Å². The molecule has 0 radical (unpaired) electrons. The molecule has 0 aliphatic heterocycles. The Morgan fingerprint density at radius 3 is 2.85 bits per heavy atom. The first-order valence-electron chi connectivity index (χ1n) is 4.02. The second-order valence-electron chi connectivity index (χ2n) is 2.61. The highest BCUT2D eigenvalue weighted by Crippen LogP contribution is 2.26. The monoisotopic (exact) mass is 210 g/mol. The first-order valence-corrected chi connectivity index (χ1v) is 5.78. The topological polar surface area (TPSA) is 24.9 Å². The number of thiophene rings is 1. The van der Waals surface area contributed by atoms with Gasteiger partial charge in [-0.1, -0.05) is 6.07 Å². The Labute approximate surface area is 85.3 Å². The molecule has 2 nitrogen and oxygen atoms in total. The van der Waals surface area contributed by atoms with Crippen LogP contribution in [0.15, 0.2) is 29.1 Å². The summed E-state index contributed by atoms with van der Waals surface area (Å²) >= 11 is 3.44. The fourth-order valence-electron chi connectivity index (χ4n) is 1.22. The molecule has 0 saturated carbocycles. The minimum Gasteiger partial charge on any atom is -0.307 e. The lowest BCUT2D eigenvalue weighted by Gasteiger charge is -2.10. The number of nitrogens with zero attached hydrogens (tertiary/aromatic N) is 1. The van der Waals surface area contributed by atoms with Gasteiger partial charge in [-0.2, -0.15) is 0 Å². The Morgan fingerprint density at radius 1 is 1.38 bits per heavy atom. The molecule has 2 aromatic heterocycles. The average Bonchev–Trinajstić information content (AvgIpc) is 2.76.